The molecule has 0 fully saturated rings. The first-order chi connectivity index (χ1) is 14.0. The monoisotopic (exact) mass is 474 g/mol. The molecule has 150 valence electrons. The van der Waals surface area contributed by atoms with Crippen LogP contribution in [0.2, 0.25) is 0 Å². The maximum absolute atomic E-state index is 12.2. The molecule has 0 aliphatic rings. The number of ether oxygens (including phenoxy) is 2. The van der Waals surface area contributed by atoms with Crippen LogP contribution in [0.25, 0.3) is 10.6 Å². The summed E-state index contributed by atoms with van der Waals surface area (Å²) in [6.07, 6.45) is 0. The molecule has 0 bridgehead atoms. The second-order valence-electron chi connectivity index (χ2n) is 6.18. The van der Waals surface area contributed by atoms with Crippen molar-refractivity contribution in [1.82, 2.24) is 10.3 Å². The van der Waals surface area contributed by atoms with E-state index in [1.807, 2.05) is 55.5 Å². The summed E-state index contributed by atoms with van der Waals surface area (Å²) in [5.74, 6) is -0.264. The van der Waals surface area contributed by atoms with Gasteiger partial charge in [0.25, 0.3) is 5.91 Å². The molecular weight excluding hydrogens is 456 g/mol. The normalized spacial score (nSPS) is 11.6. The van der Waals surface area contributed by atoms with E-state index in [2.05, 4.69) is 26.2 Å². The summed E-state index contributed by atoms with van der Waals surface area (Å²) in [4.78, 5) is 28.6. The topological polar surface area (TPSA) is 77.5 Å². The Morgan fingerprint density at radius 3 is 2.48 bits per heavy atom. The van der Waals surface area contributed by atoms with Crippen LogP contribution in [0.1, 0.15) is 29.0 Å². The van der Waals surface area contributed by atoms with Crippen molar-refractivity contribution in [2.75, 3.05) is 13.7 Å². The van der Waals surface area contributed by atoms with Gasteiger partial charge < -0.3 is 14.8 Å². The number of amides is 1. The summed E-state index contributed by atoms with van der Waals surface area (Å²) in [6, 6.07) is 14.8. The van der Waals surface area contributed by atoms with Crippen LogP contribution in [0, 0.1) is 0 Å². The molecule has 1 aromatic heterocycles. The van der Waals surface area contributed by atoms with Gasteiger partial charge in [0.1, 0.15) is 10.8 Å². The zero-order valence-corrected chi connectivity index (χ0v) is 18.2. The van der Waals surface area contributed by atoms with Crippen LogP contribution in [0.15, 0.2) is 58.4 Å². The highest BCUT2D eigenvalue weighted by atomic mass is 79.9. The number of halogens is 1. The van der Waals surface area contributed by atoms with E-state index in [-0.39, 0.29) is 24.2 Å². The Morgan fingerprint density at radius 1 is 1.14 bits per heavy atom. The van der Waals surface area contributed by atoms with Crippen molar-refractivity contribution in [3.05, 3.63) is 69.6 Å². The van der Waals surface area contributed by atoms with Crippen LogP contribution in [-0.4, -0.2) is 30.6 Å². The smallest absolute Gasteiger partial charge is 0.358 e. The van der Waals surface area contributed by atoms with Crippen LogP contribution >= 0.6 is 27.3 Å². The van der Waals surface area contributed by atoms with Crippen molar-refractivity contribution in [3.8, 4) is 16.3 Å². The fraction of sp³-hybridized carbons (Fsp3) is 0.190. The third-order valence-electron chi connectivity index (χ3n) is 4.13. The number of rotatable bonds is 7. The van der Waals surface area contributed by atoms with E-state index in [9.17, 15) is 9.59 Å². The second-order valence-corrected chi connectivity index (χ2v) is 7.96. The predicted octanol–water partition coefficient (Wildman–Crippen LogP) is 4.62. The minimum atomic E-state index is -0.632. The van der Waals surface area contributed by atoms with E-state index in [1.165, 1.54) is 11.3 Å². The number of methoxy groups -OCH3 is 1. The maximum Gasteiger partial charge on any atom is 0.358 e. The zero-order chi connectivity index (χ0) is 20.8. The van der Waals surface area contributed by atoms with Crippen LogP contribution in [0.4, 0.5) is 0 Å². The summed E-state index contributed by atoms with van der Waals surface area (Å²) in [7, 11) is 1.60. The van der Waals surface area contributed by atoms with Gasteiger partial charge >= 0.3 is 5.97 Å². The molecule has 6 nitrogen and oxygen atoms in total. The number of benzene rings is 2. The van der Waals surface area contributed by atoms with Gasteiger partial charge in [-0.25, -0.2) is 9.78 Å². The van der Waals surface area contributed by atoms with E-state index < -0.39 is 5.97 Å². The summed E-state index contributed by atoms with van der Waals surface area (Å²) in [5.41, 5.74) is 2.00. The maximum atomic E-state index is 12.2. The van der Waals surface area contributed by atoms with Crippen LogP contribution in [0.5, 0.6) is 5.75 Å². The van der Waals surface area contributed by atoms with Crippen LogP contribution in [0.3, 0.4) is 0 Å². The van der Waals surface area contributed by atoms with E-state index >= 15 is 0 Å². The lowest BCUT2D eigenvalue weighted by molar-refractivity contribution is -0.124. The number of carbonyl (C=O) groups excluding carboxylic acids is 2. The first-order valence-corrected chi connectivity index (χ1v) is 10.5. The number of thiazole rings is 1. The van der Waals surface area contributed by atoms with Gasteiger partial charge in [0.2, 0.25) is 0 Å². The Morgan fingerprint density at radius 2 is 1.83 bits per heavy atom. The molecule has 2 aromatic carbocycles. The molecule has 1 N–H and O–H groups in total. The minimum absolute atomic E-state index is 0.176. The molecule has 0 spiro atoms. The van der Waals surface area contributed by atoms with E-state index in [4.69, 9.17) is 9.47 Å². The van der Waals surface area contributed by atoms with Crippen molar-refractivity contribution in [1.29, 1.82) is 0 Å². The number of hydrogen-bond donors (Lipinski definition) is 1. The average molecular weight is 475 g/mol. The lowest BCUT2D eigenvalue weighted by Gasteiger charge is -2.14. The van der Waals surface area contributed by atoms with Crippen molar-refractivity contribution >= 4 is 39.1 Å². The quantitative estimate of drug-likeness (QED) is 0.505. The molecule has 3 aromatic rings. The fourth-order valence-electron chi connectivity index (χ4n) is 2.56. The van der Waals surface area contributed by atoms with Gasteiger partial charge in [-0.05, 0) is 48.9 Å². The SMILES string of the molecule is COc1ccc(-c2nc(C(=O)OCC(=O)NC(C)c3ccc(Br)cc3)cs2)cc1. The number of hydrogen-bond acceptors (Lipinski definition) is 6. The van der Waals surface area contributed by atoms with E-state index in [1.54, 1.807) is 12.5 Å². The van der Waals surface area contributed by atoms with Crippen LogP contribution < -0.4 is 10.1 Å². The third-order valence-corrected chi connectivity index (χ3v) is 5.55. The van der Waals surface area contributed by atoms with Crippen molar-refractivity contribution in [3.63, 3.8) is 0 Å². The largest absolute Gasteiger partial charge is 0.497 e. The van der Waals surface area contributed by atoms with Crippen LogP contribution in [-0.2, 0) is 9.53 Å². The molecular formula is C21H19BrN2O4S. The predicted molar refractivity (Wildman–Crippen MR) is 115 cm³/mol. The molecule has 0 saturated carbocycles. The number of aromatic nitrogens is 1. The number of nitrogens with zero attached hydrogens (tertiary/aromatic N) is 1. The molecule has 1 unspecified atom stereocenters. The van der Waals surface area contributed by atoms with Crippen molar-refractivity contribution in [2.45, 2.75) is 13.0 Å². The van der Waals surface area contributed by atoms with Gasteiger partial charge in [-0.2, -0.15) is 0 Å². The molecule has 0 aliphatic carbocycles. The van der Waals surface area contributed by atoms with Gasteiger partial charge in [0.05, 0.1) is 13.2 Å². The second kappa shape index (κ2) is 9.67. The molecule has 0 saturated heterocycles. The fourth-order valence-corrected chi connectivity index (χ4v) is 3.62. The Balaban J connectivity index is 1.53. The highest BCUT2D eigenvalue weighted by Gasteiger charge is 2.16. The highest BCUT2D eigenvalue weighted by molar-refractivity contribution is 9.10. The van der Waals surface area contributed by atoms with E-state index in [0.717, 1.165) is 21.3 Å². The highest BCUT2D eigenvalue weighted by Crippen LogP contribution is 2.26. The first kappa shape index (κ1) is 21.0. The molecule has 3 rings (SSSR count). The number of esters is 1. The van der Waals surface area contributed by atoms with Gasteiger partial charge in [-0.1, -0.05) is 28.1 Å². The number of carbonyl (C=O) groups is 2. The summed E-state index contributed by atoms with van der Waals surface area (Å²) < 4.78 is 11.2. The Kier molecular flexibility index (Phi) is 7.00. The molecule has 29 heavy (non-hydrogen) atoms. The molecule has 1 atom stereocenters. The molecule has 1 amide bonds. The lowest BCUT2D eigenvalue weighted by Crippen LogP contribution is -2.31. The molecule has 1 heterocycles. The molecule has 0 aliphatic heterocycles. The summed E-state index contributed by atoms with van der Waals surface area (Å²) in [5, 5.41) is 5.11. The van der Waals surface area contributed by atoms with Crippen molar-refractivity contribution in [2.24, 2.45) is 0 Å². The number of nitrogens with one attached hydrogen (secondary N) is 1. The van der Waals surface area contributed by atoms with Crippen molar-refractivity contribution < 1.29 is 19.1 Å². The van der Waals surface area contributed by atoms with Gasteiger partial charge in [0, 0.05) is 15.4 Å². The zero-order valence-electron chi connectivity index (χ0n) is 15.8. The van der Waals surface area contributed by atoms with Gasteiger partial charge in [0.15, 0.2) is 12.3 Å². The molecule has 8 heteroatoms. The molecule has 0 radical (unpaired) electrons. The Bertz CT molecular complexity index is 987. The first-order valence-electron chi connectivity index (χ1n) is 8.78. The average Bonchev–Trinajstić information content (AvgIpc) is 3.23. The van der Waals surface area contributed by atoms with Gasteiger partial charge in [-0.15, -0.1) is 11.3 Å². The lowest BCUT2D eigenvalue weighted by atomic mass is 10.1. The minimum Gasteiger partial charge on any atom is -0.497 e. The van der Waals surface area contributed by atoms with E-state index in [0.29, 0.717) is 5.01 Å². The summed E-state index contributed by atoms with van der Waals surface area (Å²) in [6.45, 7) is 1.50. The third kappa shape index (κ3) is 5.65. The standard InChI is InChI=1S/C21H19BrN2O4S/c1-13(14-3-7-16(22)8-4-14)23-19(25)11-28-21(26)18-12-29-20(24-18)15-5-9-17(27-2)10-6-15/h3-10,12-13H,11H2,1-2H3,(H,23,25). The van der Waals surface area contributed by atoms with Gasteiger partial charge in [-0.3, -0.25) is 4.79 Å². The Labute approximate surface area is 181 Å². The Hall–Kier alpha value is -2.71. The summed E-state index contributed by atoms with van der Waals surface area (Å²) >= 11 is 4.71.